The number of fused-ring (bicyclic) bond motifs is 3. The maximum atomic E-state index is 4.67. The number of benzene rings is 5. The molecule has 0 fully saturated rings. The average Bonchev–Trinajstić information content (AvgIpc) is 3.54. The molecule has 0 spiro atoms. The zero-order valence-corrected chi connectivity index (χ0v) is 34.9. The van der Waals surface area contributed by atoms with E-state index in [2.05, 4.69) is 181 Å². The second-order valence-electron chi connectivity index (χ2n) is 13.9. The zero-order valence-electron chi connectivity index (χ0n) is 29.6. The van der Waals surface area contributed by atoms with Crippen molar-refractivity contribution in [2.24, 2.45) is 0 Å². The minimum absolute atomic E-state index is 0. The van der Waals surface area contributed by atoms with E-state index in [4.69, 9.17) is 0 Å². The van der Waals surface area contributed by atoms with Crippen molar-refractivity contribution >= 4 is 49.2 Å². The van der Waals surface area contributed by atoms with Gasteiger partial charge in [-0.15, -0.1) is 23.8 Å². The molecule has 1 radical (unpaired) electrons. The molecule has 255 valence electrons. The van der Waals surface area contributed by atoms with E-state index in [0.29, 0.717) is 5.92 Å². The Morgan fingerprint density at radius 3 is 2.04 bits per heavy atom. The van der Waals surface area contributed by atoms with E-state index < -0.39 is 13.3 Å². The van der Waals surface area contributed by atoms with E-state index in [1.54, 1.807) is 0 Å². The predicted molar refractivity (Wildman–Crippen MR) is 218 cm³/mol. The molecule has 0 amide bonds. The first kappa shape index (κ1) is 36.6. The van der Waals surface area contributed by atoms with Crippen LogP contribution in [0.4, 0.5) is 0 Å². The number of pyridine rings is 2. The van der Waals surface area contributed by atoms with Crippen LogP contribution in [0.25, 0.3) is 64.9 Å². The van der Waals surface area contributed by atoms with E-state index in [9.17, 15) is 0 Å². The molecule has 3 aromatic heterocycles. The first-order valence-corrected chi connectivity index (χ1v) is 25.3. The van der Waals surface area contributed by atoms with Crippen LogP contribution in [-0.2, 0) is 20.1 Å². The van der Waals surface area contributed by atoms with Gasteiger partial charge in [-0.3, -0.25) is 0 Å². The van der Waals surface area contributed by atoms with Crippen LogP contribution in [0.5, 0.6) is 0 Å². The minimum atomic E-state index is -1.79. The van der Waals surface area contributed by atoms with Crippen molar-refractivity contribution in [3.8, 4) is 44.8 Å². The van der Waals surface area contributed by atoms with Gasteiger partial charge in [0.25, 0.3) is 0 Å². The summed E-state index contributed by atoms with van der Waals surface area (Å²) < 4.78 is 4.01. The van der Waals surface area contributed by atoms with Crippen molar-refractivity contribution < 1.29 is 20.1 Å². The number of hydrogen-bond acceptors (Lipinski definition) is 3. The summed E-state index contributed by atoms with van der Waals surface area (Å²) >= 11 is 0.0405. The second kappa shape index (κ2) is 16.0. The van der Waals surface area contributed by atoms with Gasteiger partial charge in [0.1, 0.15) is 0 Å². The van der Waals surface area contributed by atoms with Crippen LogP contribution in [0, 0.1) is 12.1 Å². The van der Waals surface area contributed by atoms with Crippen molar-refractivity contribution in [1.82, 2.24) is 9.97 Å². The van der Waals surface area contributed by atoms with Crippen molar-refractivity contribution in [3.05, 3.63) is 164 Å². The molecule has 0 atom stereocenters. The van der Waals surface area contributed by atoms with E-state index in [-0.39, 0.29) is 20.1 Å². The molecule has 0 saturated heterocycles. The Balaban J connectivity index is 0.000000178. The Hall–Kier alpha value is -4.19. The summed E-state index contributed by atoms with van der Waals surface area (Å²) in [6, 6.07) is 53.7. The summed E-state index contributed by atoms with van der Waals surface area (Å²) in [4.78, 5) is 9.28. The SMILES string of the molecule is CC(C)c1ccnc(-c2[c-]cc3sc4cccc(-c5ccccc5)c4c3c2)c1.[CH3][Ge]([CH3])([CH3])[c]1ccc(-c2[c-]ccc(-c3ccccc3)c2)nc1.[Ir]. The predicted octanol–water partition coefficient (Wildman–Crippen LogP) is 12.5. The van der Waals surface area contributed by atoms with Gasteiger partial charge in [-0.25, -0.2) is 0 Å². The minimum Gasteiger partial charge on any atom is 0 e. The smallest absolute Gasteiger partial charge is 0 e. The number of aromatic nitrogens is 2. The molecule has 0 bridgehead atoms. The monoisotopic (exact) mass is 919 g/mol. The second-order valence-corrected chi connectivity index (χ2v) is 25.7. The van der Waals surface area contributed by atoms with Gasteiger partial charge in [-0.2, -0.15) is 11.3 Å². The molecule has 0 N–H and O–H groups in total. The molecular weight excluding hydrogens is 877 g/mol. The third-order valence-electron chi connectivity index (χ3n) is 9.05. The molecule has 5 heteroatoms. The summed E-state index contributed by atoms with van der Waals surface area (Å²) in [6.07, 6.45) is 3.96. The van der Waals surface area contributed by atoms with Gasteiger partial charge < -0.3 is 4.98 Å². The average molecular weight is 918 g/mol. The van der Waals surface area contributed by atoms with Gasteiger partial charge in [0, 0.05) is 31.0 Å². The number of rotatable bonds is 6. The van der Waals surface area contributed by atoms with Crippen LogP contribution in [-0.4, -0.2) is 23.2 Å². The molecule has 2 nitrogen and oxygen atoms in total. The van der Waals surface area contributed by atoms with Crippen LogP contribution >= 0.6 is 11.3 Å². The van der Waals surface area contributed by atoms with Crippen molar-refractivity contribution in [1.29, 1.82) is 0 Å². The zero-order chi connectivity index (χ0) is 34.7. The fraction of sp³-hybridized carbons (Fsp3) is 0.130. The Bertz CT molecular complexity index is 2380. The number of nitrogens with zero attached hydrogens (tertiary/aromatic N) is 2. The molecular formula is C46H40GeIrN2S-2. The van der Waals surface area contributed by atoms with Crippen LogP contribution in [0.15, 0.2) is 146 Å². The first-order valence-electron chi connectivity index (χ1n) is 17.2. The molecule has 0 saturated carbocycles. The fourth-order valence-electron chi connectivity index (χ4n) is 6.15. The maximum absolute atomic E-state index is 4.67. The Morgan fingerprint density at radius 2 is 1.35 bits per heavy atom. The Labute approximate surface area is 322 Å². The van der Waals surface area contributed by atoms with Gasteiger partial charge >= 0.3 is 135 Å². The summed E-state index contributed by atoms with van der Waals surface area (Å²) in [5.74, 6) is 7.65. The molecule has 51 heavy (non-hydrogen) atoms. The summed E-state index contributed by atoms with van der Waals surface area (Å²) in [5.41, 5.74) is 10.4. The topological polar surface area (TPSA) is 25.8 Å². The summed E-state index contributed by atoms with van der Waals surface area (Å²) in [7, 11) is 0. The van der Waals surface area contributed by atoms with E-state index in [1.807, 2.05) is 29.7 Å². The van der Waals surface area contributed by atoms with Crippen molar-refractivity contribution in [3.63, 3.8) is 0 Å². The first-order chi connectivity index (χ1) is 24.2. The van der Waals surface area contributed by atoms with Crippen molar-refractivity contribution in [2.45, 2.75) is 37.0 Å². The van der Waals surface area contributed by atoms with Crippen molar-refractivity contribution in [2.75, 3.05) is 0 Å². The van der Waals surface area contributed by atoms with Gasteiger partial charge in [-0.1, -0.05) is 73.3 Å². The standard InChI is InChI=1S/C26H20NS.C20H20GeN.Ir/c1-17(2)19-13-14-27-23(16-19)20-11-12-24-22(15-20)26-21(9-6-10-25(26)28-24)18-7-4-3-5-8-18;1-21(2,3)19-12-13-20(22-15-19)18-11-7-10-17(14-18)16-8-5-4-6-9-16;/h3-10,12-17H,1-2H3;4-10,12-15H,1-3H3;/q2*-1;. The molecule has 0 aliphatic rings. The largest absolute Gasteiger partial charge is 0 e. The fourth-order valence-corrected chi connectivity index (χ4v) is 9.42. The Kier molecular flexibility index (Phi) is 11.5. The molecule has 8 aromatic rings. The summed E-state index contributed by atoms with van der Waals surface area (Å²) in [6.45, 7) is 4.43. The molecule has 0 aliphatic carbocycles. The third kappa shape index (κ3) is 8.32. The third-order valence-corrected chi connectivity index (χ3v) is 14.4. The van der Waals surface area contributed by atoms with E-state index >= 15 is 0 Å². The van der Waals surface area contributed by atoms with Gasteiger partial charge in [0.15, 0.2) is 0 Å². The summed E-state index contributed by atoms with van der Waals surface area (Å²) in [5, 5.41) is 2.61. The van der Waals surface area contributed by atoms with Crippen LogP contribution in [0.3, 0.4) is 0 Å². The number of hydrogen-bond donors (Lipinski definition) is 0. The maximum Gasteiger partial charge on any atom is 0 e. The van der Waals surface area contributed by atoms with Crippen LogP contribution in [0.2, 0.25) is 17.3 Å². The van der Waals surface area contributed by atoms with Gasteiger partial charge in [-0.05, 0) is 45.0 Å². The van der Waals surface area contributed by atoms with E-state index in [1.165, 1.54) is 52.4 Å². The molecule has 0 unspecified atom stereocenters. The normalized spacial score (nSPS) is 11.3. The van der Waals surface area contributed by atoms with Gasteiger partial charge in [0.2, 0.25) is 0 Å². The molecule has 3 heterocycles. The van der Waals surface area contributed by atoms with Crippen LogP contribution in [0.1, 0.15) is 25.3 Å². The quantitative estimate of drug-likeness (QED) is 0.123. The number of thiophene rings is 1. The van der Waals surface area contributed by atoms with E-state index in [0.717, 1.165) is 22.5 Å². The Morgan fingerprint density at radius 1 is 0.627 bits per heavy atom. The van der Waals surface area contributed by atoms with Crippen LogP contribution < -0.4 is 4.40 Å². The molecule has 5 aromatic carbocycles. The van der Waals surface area contributed by atoms with Gasteiger partial charge in [0.05, 0.1) is 0 Å². The molecule has 0 aliphatic heterocycles. The molecule has 8 rings (SSSR count).